The van der Waals surface area contributed by atoms with Gasteiger partial charge in [0.1, 0.15) is 6.04 Å². The standard InChI is InChI=1S/C7H14N4O3S/c8-6(7(13)14)1-2-15-4-5(12)3-10-11-9/h5-6,12H,1-4,8H2,(H,13,14). The highest BCUT2D eigenvalue weighted by molar-refractivity contribution is 7.99. The molecule has 0 aromatic carbocycles. The first-order chi connectivity index (χ1) is 7.07. The van der Waals surface area contributed by atoms with Gasteiger partial charge in [0.15, 0.2) is 0 Å². The molecule has 0 spiro atoms. The van der Waals surface area contributed by atoms with Crippen molar-refractivity contribution in [2.45, 2.75) is 18.6 Å². The Morgan fingerprint density at radius 3 is 2.87 bits per heavy atom. The van der Waals surface area contributed by atoms with Crippen molar-refractivity contribution < 1.29 is 15.0 Å². The van der Waals surface area contributed by atoms with E-state index in [-0.39, 0.29) is 6.54 Å². The molecule has 0 aromatic rings. The maximum Gasteiger partial charge on any atom is 0.320 e. The zero-order valence-electron chi connectivity index (χ0n) is 8.11. The first-order valence-corrected chi connectivity index (χ1v) is 5.48. The van der Waals surface area contributed by atoms with Crippen LogP contribution in [0.25, 0.3) is 10.4 Å². The first kappa shape index (κ1) is 14.1. The van der Waals surface area contributed by atoms with E-state index in [0.29, 0.717) is 17.9 Å². The Morgan fingerprint density at radius 2 is 2.33 bits per heavy atom. The fourth-order valence-electron chi connectivity index (χ4n) is 0.737. The second kappa shape index (κ2) is 8.37. The van der Waals surface area contributed by atoms with E-state index >= 15 is 0 Å². The van der Waals surface area contributed by atoms with Gasteiger partial charge in [0, 0.05) is 10.7 Å². The fourth-order valence-corrected chi connectivity index (χ4v) is 1.70. The Bertz CT molecular complexity index is 244. The summed E-state index contributed by atoms with van der Waals surface area (Å²) in [5, 5.41) is 20.9. The summed E-state index contributed by atoms with van der Waals surface area (Å²) < 4.78 is 0. The third kappa shape index (κ3) is 8.07. The fraction of sp³-hybridized carbons (Fsp3) is 0.857. The number of hydrogen-bond donors (Lipinski definition) is 3. The van der Waals surface area contributed by atoms with Crippen molar-refractivity contribution in [2.24, 2.45) is 10.8 Å². The summed E-state index contributed by atoms with van der Waals surface area (Å²) in [5.74, 6) is -0.0585. The summed E-state index contributed by atoms with van der Waals surface area (Å²) in [6, 6.07) is -0.855. The van der Waals surface area contributed by atoms with E-state index in [1.165, 1.54) is 11.8 Å². The van der Waals surface area contributed by atoms with Gasteiger partial charge in [0.25, 0.3) is 0 Å². The van der Waals surface area contributed by atoms with Gasteiger partial charge in [0.2, 0.25) is 0 Å². The maximum atomic E-state index is 10.3. The van der Waals surface area contributed by atoms with Gasteiger partial charge in [-0.1, -0.05) is 5.11 Å². The van der Waals surface area contributed by atoms with Crippen LogP contribution < -0.4 is 5.73 Å². The topological polar surface area (TPSA) is 132 Å². The highest BCUT2D eigenvalue weighted by atomic mass is 32.2. The molecule has 4 N–H and O–H groups in total. The number of aliphatic carboxylic acids is 1. The highest BCUT2D eigenvalue weighted by Gasteiger charge is 2.11. The number of thioether (sulfide) groups is 1. The van der Waals surface area contributed by atoms with Gasteiger partial charge < -0.3 is 15.9 Å². The molecule has 0 saturated carbocycles. The van der Waals surface area contributed by atoms with E-state index in [9.17, 15) is 9.90 Å². The van der Waals surface area contributed by atoms with E-state index in [2.05, 4.69) is 10.0 Å². The SMILES string of the molecule is [N-]=[N+]=NCC(O)CSCCC(N)C(=O)O. The highest BCUT2D eigenvalue weighted by Crippen LogP contribution is 2.06. The number of carboxylic acid groups (broad SMARTS) is 1. The van der Waals surface area contributed by atoms with Gasteiger partial charge in [-0.15, -0.1) is 0 Å². The normalized spacial score (nSPS) is 14.0. The molecule has 7 nitrogen and oxygen atoms in total. The second-order valence-electron chi connectivity index (χ2n) is 2.88. The monoisotopic (exact) mass is 234 g/mol. The summed E-state index contributed by atoms with van der Waals surface area (Å²) in [6.45, 7) is 0.0362. The average Bonchev–Trinajstić information content (AvgIpc) is 2.20. The van der Waals surface area contributed by atoms with Crippen molar-refractivity contribution in [3.05, 3.63) is 10.4 Å². The van der Waals surface area contributed by atoms with Crippen LogP contribution in [0.1, 0.15) is 6.42 Å². The lowest BCUT2D eigenvalue weighted by atomic mass is 10.2. The number of carboxylic acids is 1. The average molecular weight is 234 g/mol. The lowest BCUT2D eigenvalue weighted by molar-refractivity contribution is -0.138. The summed E-state index contributed by atoms with van der Waals surface area (Å²) in [5.41, 5.74) is 13.3. The molecule has 0 heterocycles. The third-order valence-electron chi connectivity index (χ3n) is 1.56. The quantitative estimate of drug-likeness (QED) is 0.239. The Balaban J connectivity index is 3.45. The Morgan fingerprint density at radius 1 is 1.67 bits per heavy atom. The Kier molecular flexibility index (Phi) is 7.84. The van der Waals surface area contributed by atoms with Gasteiger partial charge >= 0.3 is 5.97 Å². The molecule has 0 radical (unpaired) electrons. The van der Waals surface area contributed by atoms with Crippen molar-refractivity contribution in [1.29, 1.82) is 0 Å². The van der Waals surface area contributed by atoms with Crippen LogP contribution in [0.5, 0.6) is 0 Å². The molecule has 0 aliphatic heterocycles. The van der Waals surface area contributed by atoms with Crippen LogP contribution in [-0.2, 0) is 4.79 Å². The van der Waals surface area contributed by atoms with Crippen molar-refractivity contribution in [2.75, 3.05) is 18.1 Å². The zero-order valence-corrected chi connectivity index (χ0v) is 8.93. The molecule has 86 valence electrons. The number of nitrogens with zero attached hydrogens (tertiary/aromatic N) is 3. The number of hydrogen-bond acceptors (Lipinski definition) is 5. The molecule has 8 heteroatoms. The summed E-state index contributed by atoms with van der Waals surface area (Å²) >= 11 is 1.38. The molecule has 15 heavy (non-hydrogen) atoms. The predicted octanol–water partition coefficient (Wildman–Crippen LogP) is 0.193. The predicted molar refractivity (Wildman–Crippen MR) is 57.6 cm³/mol. The van der Waals surface area contributed by atoms with Gasteiger partial charge in [-0.3, -0.25) is 4.79 Å². The van der Waals surface area contributed by atoms with E-state index in [1.54, 1.807) is 0 Å². The lowest BCUT2D eigenvalue weighted by Crippen LogP contribution is -2.30. The number of nitrogens with two attached hydrogens (primary N) is 1. The number of rotatable bonds is 8. The Hall–Kier alpha value is -0.950. The first-order valence-electron chi connectivity index (χ1n) is 4.33. The molecule has 2 atom stereocenters. The van der Waals surface area contributed by atoms with Crippen LogP contribution in [0.4, 0.5) is 0 Å². The van der Waals surface area contributed by atoms with Crippen molar-refractivity contribution in [1.82, 2.24) is 0 Å². The van der Waals surface area contributed by atoms with Gasteiger partial charge in [-0.2, -0.15) is 11.8 Å². The van der Waals surface area contributed by atoms with Crippen LogP contribution in [-0.4, -0.2) is 46.4 Å². The van der Waals surface area contributed by atoms with Crippen molar-refractivity contribution >= 4 is 17.7 Å². The molecule has 0 amide bonds. The molecule has 0 rings (SSSR count). The second-order valence-corrected chi connectivity index (χ2v) is 4.03. The number of aliphatic hydroxyl groups excluding tert-OH is 1. The summed E-state index contributed by atoms with van der Waals surface area (Å²) in [7, 11) is 0. The third-order valence-corrected chi connectivity index (χ3v) is 2.70. The number of azide groups is 1. The largest absolute Gasteiger partial charge is 0.480 e. The molecular weight excluding hydrogens is 220 g/mol. The maximum absolute atomic E-state index is 10.3. The summed E-state index contributed by atoms with van der Waals surface area (Å²) in [4.78, 5) is 12.8. The van der Waals surface area contributed by atoms with Gasteiger partial charge in [-0.25, -0.2) is 0 Å². The molecule has 0 aliphatic carbocycles. The van der Waals surface area contributed by atoms with Crippen LogP contribution in [0.3, 0.4) is 0 Å². The number of aliphatic hydroxyl groups is 1. The van der Waals surface area contributed by atoms with Crippen LogP contribution in [0, 0.1) is 0 Å². The molecule has 0 saturated heterocycles. The van der Waals surface area contributed by atoms with E-state index in [4.69, 9.17) is 16.4 Å². The van der Waals surface area contributed by atoms with Crippen LogP contribution >= 0.6 is 11.8 Å². The molecule has 2 unspecified atom stereocenters. The van der Waals surface area contributed by atoms with Gasteiger partial charge in [-0.05, 0) is 17.7 Å². The smallest absolute Gasteiger partial charge is 0.320 e. The van der Waals surface area contributed by atoms with Crippen molar-refractivity contribution in [3.8, 4) is 0 Å². The minimum Gasteiger partial charge on any atom is -0.480 e. The van der Waals surface area contributed by atoms with E-state index in [1.807, 2.05) is 0 Å². The number of carbonyl (C=O) groups is 1. The van der Waals surface area contributed by atoms with Gasteiger partial charge in [0.05, 0.1) is 12.6 Å². The van der Waals surface area contributed by atoms with Crippen molar-refractivity contribution in [3.63, 3.8) is 0 Å². The summed E-state index contributed by atoms with van der Waals surface area (Å²) in [6.07, 6.45) is -0.333. The molecule has 0 bridgehead atoms. The lowest BCUT2D eigenvalue weighted by Gasteiger charge is -2.08. The molecular formula is C7H14N4O3S. The minimum atomic E-state index is -1.02. The zero-order chi connectivity index (χ0) is 11.7. The van der Waals surface area contributed by atoms with Crippen LogP contribution in [0.2, 0.25) is 0 Å². The van der Waals surface area contributed by atoms with E-state index < -0.39 is 18.1 Å². The van der Waals surface area contributed by atoms with Crippen LogP contribution in [0.15, 0.2) is 5.11 Å². The molecule has 0 aliphatic rings. The molecule has 0 fully saturated rings. The van der Waals surface area contributed by atoms with E-state index in [0.717, 1.165) is 0 Å². The minimum absolute atomic E-state index is 0.0362. The Labute approximate surface area is 91.3 Å². The molecule has 0 aromatic heterocycles.